The Hall–Kier alpha value is -2.79. The first kappa shape index (κ1) is 28.7. The monoisotopic (exact) mass is 599 g/mol. The van der Waals surface area contributed by atoms with Gasteiger partial charge >= 0.3 is 0 Å². The van der Waals surface area contributed by atoms with E-state index >= 15 is 0 Å². The van der Waals surface area contributed by atoms with Crippen LogP contribution in [0.3, 0.4) is 0 Å². The summed E-state index contributed by atoms with van der Waals surface area (Å²) in [6.45, 7) is 9.79. The van der Waals surface area contributed by atoms with Crippen molar-refractivity contribution in [3.05, 3.63) is 70.5 Å². The molecule has 1 saturated heterocycles. The van der Waals surface area contributed by atoms with E-state index in [1.165, 1.54) is 27.8 Å². The number of piperidine rings is 1. The second-order valence-corrected chi connectivity index (χ2v) is 14.0. The maximum atomic E-state index is 14.0. The van der Waals surface area contributed by atoms with Crippen molar-refractivity contribution in [3.8, 4) is 0 Å². The van der Waals surface area contributed by atoms with Gasteiger partial charge < -0.3 is 0 Å². The van der Waals surface area contributed by atoms with Gasteiger partial charge in [-0.15, -0.1) is 0 Å². The van der Waals surface area contributed by atoms with Crippen molar-refractivity contribution in [2.75, 3.05) is 24.5 Å². The summed E-state index contributed by atoms with van der Waals surface area (Å²) in [6.07, 6.45) is 0.897. The maximum Gasteiger partial charge on any atom is 0.243 e. The van der Waals surface area contributed by atoms with E-state index in [4.69, 9.17) is 16.6 Å². The van der Waals surface area contributed by atoms with Gasteiger partial charge in [-0.3, -0.25) is 14.4 Å². The van der Waals surface area contributed by atoms with Crippen LogP contribution in [0.4, 0.5) is 5.13 Å². The van der Waals surface area contributed by atoms with E-state index in [0.717, 1.165) is 27.2 Å². The molecule has 212 valence electrons. The quantitative estimate of drug-likeness (QED) is 0.247. The van der Waals surface area contributed by atoms with Crippen LogP contribution >= 0.6 is 22.9 Å². The fourth-order valence-electron chi connectivity index (χ4n) is 5.25. The Morgan fingerprint density at radius 1 is 1.12 bits per heavy atom. The summed E-state index contributed by atoms with van der Waals surface area (Å²) in [5.74, 6) is -0.00616. The number of fused-ring (bicyclic) bond motifs is 1. The average molecular weight is 600 g/mol. The third-order valence-electron chi connectivity index (χ3n) is 7.45. The van der Waals surface area contributed by atoms with Gasteiger partial charge in [0.15, 0.2) is 5.13 Å². The summed E-state index contributed by atoms with van der Waals surface area (Å²) in [7, 11) is -3.65. The Bertz CT molecular complexity index is 1620. The van der Waals surface area contributed by atoms with E-state index in [1.807, 2.05) is 36.7 Å². The molecule has 4 aromatic rings. The van der Waals surface area contributed by atoms with Gasteiger partial charge in [0, 0.05) is 36.3 Å². The molecule has 1 aliphatic heterocycles. The number of carbonyl (C=O) groups is 1. The fraction of sp³-hybridized carbons (Fsp3) is 0.414. The molecule has 0 atom stereocenters. The van der Waals surface area contributed by atoms with Crippen molar-refractivity contribution >= 4 is 54.2 Å². The highest BCUT2D eigenvalue weighted by molar-refractivity contribution is 7.89. The molecule has 1 amide bonds. The molecule has 1 fully saturated rings. The van der Waals surface area contributed by atoms with Crippen molar-refractivity contribution in [1.82, 2.24) is 19.1 Å². The number of nitrogens with zero attached hydrogens (tertiary/aromatic N) is 5. The van der Waals surface area contributed by atoms with Crippen LogP contribution in [-0.4, -0.2) is 53.0 Å². The first-order valence-corrected chi connectivity index (χ1v) is 16.2. The third kappa shape index (κ3) is 5.81. The minimum absolute atomic E-state index is 0.0183. The number of anilines is 1. The van der Waals surface area contributed by atoms with Gasteiger partial charge in [0.05, 0.1) is 27.4 Å². The number of thiazole rings is 1. The SMILES string of the molecule is Cc1cc(C)n(CCN(C(=O)C2CCN(S(=O)(=O)c3ccc(Cl)cc3)CC2)c2nc3c(C(C)C)cccc3s2)n1. The smallest absolute Gasteiger partial charge is 0.243 e. The summed E-state index contributed by atoms with van der Waals surface area (Å²) in [4.78, 5) is 21.0. The first-order chi connectivity index (χ1) is 19.0. The molecule has 0 bridgehead atoms. The summed E-state index contributed by atoms with van der Waals surface area (Å²) in [6, 6.07) is 14.4. The number of aromatic nitrogens is 3. The van der Waals surface area contributed by atoms with Gasteiger partial charge in [-0.2, -0.15) is 9.40 Å². The molecule has 8 nitrogen and oxygen atoms in total. The van der Waals surface area contributed by atoms with Gasteiger partial charge in [-0.1, -0.05) is 48.9 Å². The predicted octanol–water partition coefficient (Wildman–Crippen LogP) is 6.02. The van der Waals surface area contributed by atoms with Crippen LogP contribution in [0.2, 0.25) is 5.02 Å². The molecule has 3 heterocycles. The molecule has 40 heavy (non-hydrogen) atoms. The second kappa shape index (κ2) is 11.6. The minimum atomic E-state index is -3.65. The van der Waals surface area contributed by atoms with E-state index < -0.39 is 10.0 Å². The van der Waals surface area contributed by atoms with Gasteiger partial charge in [-0.25, -0.2) is 13.4 Å². The lowest BCUT2D eigenvalue weighted by atomic mass is 9.96. The lowest BCUT2D eigenvalue weighted by molar-refractivity contribution is -0.123. The van der Waals surface area contributed by atoms with Crippen molar-refractivity contribution in [1.29, 1.82) is 0 Å². The molecule has 5 rings (SSSR count). The fourth-order valence-corrected chi connectivity index (χ4v) is 7.88. The highest BCUT2D eigenvalue weighted by Gasteiger charge is 2.35. The van der Waals surface area contributed by atoms with Gasteiger partial charge in [0.25, 0.3) is 0 Å². The van der Waals surface area contributed by atoms with Crippen LogP contribution in [0.5, 0.6) is 0 Å². The van der Waals surface area contributed by atoms with E-state index in [1.54, 1.807) is 17.0 Å². The predicted molar refractivity (Wildman–Crippen MR) is 161 cm³/mol. The maximum absolute atomic E-state index is 14.0. The number of rotatable bonds is 8. The zero-order valence-electron chi connectivity index (χ0n) is 23.2. The molecular formula is C29H34ClN5O3S2. The van der Waals surface area contributed by atoms with E-state index in [2.05, 4.69) is 25.0 Å². The van der Waals surface area contributed by atoms with Crippen molar-refractivity contribution in [3.63, 3.8) is 0 Å². The summed E-state index contributed by atoms with van der Waals surface area (Å²) in [5, 5.41) is 5.74. The van der Waals surface area contributed by atoms with Crippen molar-refractivity contribution < 1.29 is 13.2 Å². The lowest BCUT2D eigenvalue weighted by Gasteiger charge is -2.33. The Morgan fingerprint density at radius 2 is 1.82 bits per heavy atom. The highest BCUT2D eigenvalue weighted by Crippen LogP contribution is 2.35. The molecule has 0 radical (unpaired) electrons. The van der Waals surface area contributed by atoms with E-state index in [-0.39, 0.29) is 29.8 Å². The van der Waals surface area contributed by atoms with Crippen LogP contribution in [0.15, 0.2) is 53.4 Å². The van der Waals surface area contributed by atoms with Gasteiger partial charge in [-0.05, 0) is 74.6 Å². The molecule has 0 N–H and O–H groups in total. The number of carbonyl (C=O) groups excluding carboxylic acids is 1. The number of sulfonamides is 1. The van der Waals surface area contributed by atoms with Gasteiger partial charge in [0.2, 0.25) is 15.9 Å². The van der Waals surface area contributed by atoms with Crippen LogP contribution < -0.4 is 4.90 Å². The number of aryl methyl sites for hydroxylation is 2. The molecule has 11 heteroatoms. The highest BCUT2D eigenvalue weighted by atomic mass is 35.5. The molecule has 0 spiro atoms. The first-order valence-electron chi connectivity index (χ1n) is 13.5. The molecular weight excluding hydrogens is 566 g/mol. The lowest BCUT2D eigenvalue weighted by Crippen LogP contribution is -2.45. The molecule has 0 aliphatic carbocycles. The Balaban J connectivity index is 1.38. The number of benzene rings is 2. The molecule has 1 aliphatic rings. The second-order valence-electron chi connectivity index (χ2n) is 10.6. The normalized spacial score (nSPS) is 15.2. The zero-order chi connectivity index (χ0) is 28.6. The van der Waals surface area contributed by atoms with Gasteiger partial charge in [0.1, 0.15) is 0 Å². The summed E-state index contributed by atoms with van der Waals surface area (Å²) >= 11 is 7.47. The number of halogens is 1. The Labute approximate surface area is 244 Å². The molecule has 0 saturated carbocycles. The number of amides is 1. The third-order valence-corrected chi connectivity index (χ3v) is 10.7. The summed E-state index contributed by atoms with van der Waals surface area (Å²) < 4.78 is 30.8. The number of para-hydroxylation sites is 1. The topological polar surface area (TPSA) is 88.4 Å². The van der Waals surface area contributed by atoms with Crippen molar-refractivity contribution in [2.45, 2.75) is 57.9 Å². The van der Waals surface area contributed by atoms with Crippen molar-refractivity contribution in [2.24, 2.45) is 5.92 Å². The van der Waals surface area contributed by atoms with E-state index in [9.17, 15) is 13.2 Å². The Kier molecular flexibility index (Phi) is 8.33. The minimum Gasteiger partial charge on any atom is -0.286 e. The number of hydrogen-bond acceptors (Lipinski definition) is 6. The van der Waals surface area contributed by atoms with Crippen LogP contribution in [0, 0.1) is 19.8 Å². The standard InChI is InChI=1S/C29H34ClN5O3S2/c1-19(2)25-6-5-7-26-27(25)31-29(39-26)34(16-17-35-21(4)18-20(3)32-35)28(36)22-12-14-33(15-13-22)40(37,38)24-10-8-23(30)9-11-24/h5-11,18-19,22H,12-17H2,1-4H3. The zero-order valence-corrected chi connectivity index (χ0v) is 25.6. The van der Waals surface area contributed by atoms with Crippen LogP contribution in [0.1, 0.15) is 49.6 Å². The number of hydrogen-bond donors (Lipinski definition) is 0. The van der Waals surface area contributed by atoms with Crippen LogP contribution in [0.25, 0.3) is 10.2 Å². The average Bonchev–Trinajstić information content (AvgIpc) is 3.50. The molecule has 2 aromatic heterocycles. The largest absolute Gasteiger partial charge is 0.286 e. The summed E-state index contributed by atoms with van der Waals surface area (Å²) in [5.41, 5.74) is 4.07. The molecule has 0 unspecified atom stereocenters. The Morgan fingerprint density at radius 3 is 2.45 bits per heavy atom. The molecule has 2 aromatic carbocycles. The van der Waals surface area contributed by atoms with E-state index in [0.29, 0.717) is 42.0 Å². The van der Waals surface area contributed by atoms with Crippen LogP contribution in [-0.2, 0) is 21.4 Å².